The van der Waals surface area contributed by atoms with Gasteiger partial charge in [-0.25, -0.2) is 4.39 Å². The van der Waals surface area contributed by atoms with Gasteiger partial charge in [-0.2, -0.15) is 0 Å². The van der Waals surface area contributed by atoms with E-state index in [1.54, 1.807) is 11.4 Å². The fourth-order valence-electron chi connectivity index (χ4n) is 1.39. The molecule has 0 saturated heterocycles. The van der Waals surface area contributed by atoms with Gasteiger partial charge in [-0.15, -0.1) is 11.3 Å². The summed E-state index contributed by atoms with van der Waals surface area (Å²) in [6.45, 7) is 0. The molecule has 14 heavy (non-hydrogen) atoms. The Balaban J connectivity index is 2.60. The minimum atomic E-state index is -0.897. The van der Waals surface area contributed by atoms with Gasteiger partial charge >= 0.3 is 5.97 Å². The van der Waals surface area contributed by atoms with Crippen molar-refractivity contribution < 1.29 is 14.3 Å². The van der Waals surface area contributed by atoms with E-state index in [1.807, 2.05) is 0 Å². The van der Waals surface area contributed by atoms with Crippen LogP contribution in [0.2, 0.25) is 0 Å². The van der Waals surface area contributed by atoms with Crippen LogP contribution in [-0.4, -0.2) is 11.1 Å². The molecule has 2 aromatic rings. The standard InChI is InChI=1S/C10H7FO2S/c11-8-2-1-6(5-9(12)13)10-7(8)3-4-14-10/h1-4H,5H2,(H,12,13). The Bertz CT molecular complexity index is 490. The van der Waals surface area contributed by atoms with E-state index in [-0.39, 0.29) is 12.2 Å². The second-order valence-electron chi connectivity index (χ2n) is 2.94. The summed E-state index contributed by atoms with van der Waals surface area (Å²) in [5.41, 5.74) is 0.670. The molecule has 0 fully saturated rings. The third-order valence-corrected chi connectivity index (χ3v) is 2.98. The monoisotopic (exact) mass is 210 g/mol. The fraction of sp³-hybridized carbons (Fsp3) is 0.100. The highest BCUT2D eigenvalue weighted by atomic mass is 32.1. The summed E-state index contributed by atoms with van der Waals surface area (Å²) in [5, 5.41) is 10.9. The highest BCUT2D eigenvalue weighted by molar-refractivity contribution is 7.17. The van der Waals surface area contributed by atoms with Crippen LogP contribution in [0.3, 0.4) is 0 Å². The minimum absolute atomic E-state index is 0.0582. The molecular formula is C10H7FO2S. The Morgan fingerprint density at radius 2 is 2.21 bits per heavy atom. The SMILES string of the molecule is O=C(O)Cc1ccc(F)c2ccsc12. The van der Waals surface area contributed by atoms with Crippen LogP contribution in [0.25, 0.3) is 10.1 Å². The van der Waals surface area contributed by atoms with Crippen molar-refractivity contribution in [3.8, 4) is 0 Å². The van der Waals surface area contributed by atoms with E-state index in [0.29, 0.717) is 10.9 Å². The largest absolute Gasteiger partial charge is 0.481 e. The van der Waals surface area contributed by atoms with E-state index >= 15 is 0 Å². The van der Waals surface area contributed by atoms with E-state index < -0.39 is 5.97 Å². The molecule has 4 heteroatoms. The predicted molar refractivity (Wildman–Crippen MR) is 53.1 cm³/mol. The van der Waals surface area contributed by atoms with Gasteiger partial charge in [-0.05, 0) is 23.1 Å². The number of carboxylic acid groups (broad SMARTS) is 1. The van der Waals surface area contributed by atoms with E-state index in [1.165, 1.54) is 23.5 Å². The van der Waals surface area contributed by atoms with Gasteiger partial charge in [-0.3, -0.25) is 4.79 Å². The first kappa shape index (κ1) is 9.15. The number of rotatable bonds is 2. The van der Waals surface area contributed by atoms with Crippen LogP contribution < -0.4 is 0 Å². The molecule has 0 amide bonds. The van der Waals surface area contributed by atoms with Gasteiger partial charge in [0.15, 0.2) is 0 Å². The second-order valence-corrected chi connectivity index (χ2v) is 3.86. The molecule has 1 N–H and O–H groups in total. The number of aliphatic carboxylic acids is 1. The van der Waals surface area contributed by atoms with Crippen LogP contribution in [-0.2, 0) is 11.2 Å². The van der Waals surface area contributed by atoms with Crippen molar-refractivity contribution in [3.63, 3.8) is 0 Å². The first-order chi connectivity index (χ1) is 6.68. The maximum absolute atomic E-state index is 13.2. The number of thiophene rings is 1. The van der Waals surface area contributed by atoms with Crippen molar-refractivity contribution in [1.82, 2.24) is 0 Å². The number of carboxylic acids is 1. The molecule has 0 atom stereocenters. The van der Waals surface area contributed by atoms with Crippen LogP contribution >= 0.6 is 11.3 Å². The molecule has 0 radical (unpaired) electrons. The summed E-state index contributed by atoms with van der Waals surface area (Å²) in [5.74, 6) is -1.19. The number of fused-ring (bicyclic) bond motifs is 1. The summed E-state index contributed by atoms with van der Waals surface area (Å²) in [7, 11) is 0. The van der Waals surface area contributed by atoms with Gasteiger partial charge in [0, 0.05) is 10.1 Å². The third kappa shape index (κ3) is 1.48. The molecule has 0 aliphatic carbocycles. The molecule has 1 heterocycles. The maximum atomic E-state index is 13.2. The van der Waals surface area contributed by atoms with Gasteiger partial charge in [0.1, 0.15) is 5.82 Å². The van der Waals surface area contributed by atoms with Crippen LogP contribution in [0, 0.1) is 5.82 Å². The molecule has 0 aliphatic rings. The highest BCUT2D eigenvalue weighted by Gasteiger charge is 2.09. The van der Waals surface area contributed by atoms with Crippen molar-refractivity contribution in [2.45, 2.75) is 6.42 Å². The number of halogens is 1. The van der Waals surface area contributed by atoms with Crippen LogP contribution in [0.15, 0.2) is 23.6 Å². The maximum Gasteiger partial charge on any atom is 0.307 e. The van der Waals surface area contributed by atoms with Gasteiger partial charge < -0.3 is 5.11 Å². The zero-order valence-corrected chi connectivity index (χ0v) is 7.97. The molecule has 72 valence electrons. The lowest BCUT2D eigenvalue weighted by Gasteiger charge is -1.99. The Hall–Kier alpha value is -1.42. The van der Waals surface area contributed by atoms with Gasteiger partial charge in [0.25, 0.3) is 0 Å². The average Bonchev–Trinajstić information content (AvgIpc) is 2.58. The van der Waals surface area contributed by atoms with Crippen molar-refractivity contribution >= 4 is 27.4 Å². The molecule has 0 bridgehead atoms. The predicted octanol–water partition coefficient (Wildman–Crippen LogP) is 2.67. The molecule has 1 aromatic carbocycles. The topological polar surface area (TPSA) is 37.3 Å². The molecule has 0 aliphatic heterocycles. The fourth-order valence-corrected chi connectivity index (χ4v) is 2.31. The number of hydrogen-bond donors (Lipinski definition) is 1. The molecule has 2 rings (SSSR count). The van der Waals surface area contributed by atoms with Crippen molar-refractivity contribution in [1.29, 1.82) is 0 Å². The average molecular weight is 210 g/mol. The lowest BCUT2D eigenvalue weighted by atomic mass is 10.1. The molecular weight excluding hydrogens is 203 g/mol. The number of hydrogen-bond acceptors (Lipinski definition) is 2. The van der Waals surface area contributed by atoms with Crippen molar-refractivity contribution in [2.75, 3.05) is 0 Å². The van der Waals surface area contributed by atoms with Gasteiger partial charge in [0.2, 0.25) is 0 Å². The normalized spacial score (nSPS) is 10.6. The first-order valence-electron chi connectivity index (χ1n) is 4.05. The van der Waals surface area contributed by atoms with Gasteiger partial charge in [-0.1, -0.05) is 6.07 Å². The number of carbonyl (C=O) groups is 1. The van der Waals surface area contributed by atoms with Crippen LogP contribution in [0.4, 0.5) is 4.39 Å². The highest BCUT2D eigenvalue weighted by Crippen LogP contribution is 2.27. The molecule has 0 saturated carbocycles. The van der Waals surface area contributed by atoms with E-state index in [0.717, 1.165) is 4.70 Å². The lowest BCUT2D eigenvalue weighted by molar-refractivity contribution is -0.136. The number of benzene rings is 1. The van der Waals surface area contributed by atoms with Crippen molar-refractivity contribution in [3.05, 3.63) is 35.0 Å². The van der Waals surface area contributed by atoms with Gasteiger partial charge in [0.05, 0.1) is 6.42 Å². The Kier molecular flexibility index (Phi) is 2.21. The molecule has 2 nitrogen and oxygen atoms in total. The second kappa shape index (κ2) is 3.38. The summed E-state index contributed by atoms with van der Waals surface area (Å²) in [4.78, 5) is 10.5. The lowest BCUT2D eigenvalue weighted by Crippen LogP contribution is -2.00. The first-order valence-corrected chi connectivity index (χ1v) is 4.93. The molecule has 0 spiro atoms. The molecule has 0 unspecified atom stereocenters. The Labute approximate surface area is 83.6 Å². The summed E-state index contributed by atoms with van der Waals surface area (Å²) >= 11 is 1.37. The third-order valence-electron chi connectivity index (χ3n) is 1.99. The van der Waals surface area contributed by atoms with Crippen LogP contribution in [0.1, 0.15) is 5.56 Å². The quantitative estimate of drug-likeness (QED) is 0.827. The zero-order valence-electron chi connectivity index (χ0n) is 7.16. The van der Waals surface area contributed by atoms with E-state index in [2.05, 4.69) is 0 Å². The summed E-state index contributed by atoms with van der Waals surface area (Å²) in [6.07, 6.45) is -0.0582. The van der Waals surface area contributed by atoms with Crippen LogP contribution in [0.5, 0.6) is 0 Å². The Morgan fingerprint density at radius 1 is 1.43 bits per heavy atom. The van der Waals surface area contributed by atoms with Crippen molar-refractivity contribution in [2.24, 2.45) is 0 Å². The minimum Gasteiger partial charge on any atom is -0.481 e. The van der Waals surface area contributed by atoms with E-state index in [9.17, 15) is 9.18 Å². The molecule has 1 aromatic heterocycles. The van der Waals surface area contributed by atoms with E-state index in [4.69, 9.17) is 5.11 Å². The zero-order chi connectivity index (χ0) is 10.1. The Morgan fingerprint density at radius 3 is 2.93 bits per heavy atom. The summed E-state index contributed by atoms with van der Waals surface area (Å²) < 4.78 is 13.9. The smallest absolute Gasteiger partial charge is 0.307 e. The summed E-state index contributed by atoms with van der Waals surface area (Å²) in [6, 6.07) is 4.51.